The number of aliphatic hydroxyl groups is 1. The highest BCUT2D eigenvalue weighted by atomic mass is 32.1. The molecule has 4 nitrogen and oxygen atoms in total. The van der Waals surface area contributed by atoms with E-state index in [0.717, 1.165) is 30.2 Å². The van der Waals surface area contributed by atoms with Crippen molar-refractivity contribution in [2.45, 2.75) is 45.8 Å². The van der Waals surface area contributed by atoms with Crippen LogP contribution in [-0.2, 0) is 6.54 Å². The number of nitrogens with zero attached hydrogens (tertiary/aromatic N) is 2. The quantitative estimate of drug-likeness (QED) is 0.688. The Hall–Kier alpha value is -1.69. The van der Waals surface area contributed by atoms with Gasteiger partial charge in [0.2, 0.25) is 0 Å². The highest BCUT2D eigenvalue weighted by Crippen LogP contribution is 2.22. The third-order valence-corrected chi connectivity index (χ3v) is 5.22. The number of hydrogen-bond donors (Lipinski definition) is 2. The van der Waals surface area contributed by atoms with Crippen molar-refractivity contribution in [3.8, 4) is 0 Å². The first-order valence-electron chi connectivity index (χ1n) is 8.42. The lowest BCUT2D eigenvalue weighted by molar-refractivity contribution is 0.173. The van der Waals surface area contributed by atoms with Crippen LogP contribution in [0.4, 0.5) is 0 Å². The van der Waals surface area contributed by atoms with Gasteiger partial charge in [-0.2, -0.15) is 0 Å². The Balaban J connectivity index is 1.69. The third-order valence-electron chi connectivity index (χ3n) is 4.32. The molecule has 0 aliphatic carbocycles. The predicted molar refractivity (Wildman–Crippen MR) is 99.7 cm³/mol. The van der Waals surface area contributed by atoms with Crippen LogP contribution < -0.4 is 5.32 Å². The van der Waals surface area contributed by atoms with Gasteiger partial charge < -0.3 is 10.4 Å². The zero-order chi connectivity index (χ0) is 17.1. The fourth-order valence-corrected chi connectivity index (χ4v) is 4.05. The van der Waals surface area contributed by atoms with Gasteiger partial charge in [-0.05, 0) is 38.7 Å². The van der Waals surface area contributed by atoms with E-state index >= 15 is 0 Å². The maximum Gasteiger partial charge on any atom is 0.194 e. The first-order valence-corrected chi connectivity index (χ1v) is 9.24. The number of aliphatic hydroxyl groups excluding tert-OH is 1. The lowest BCUT2D eigenvalue weighted by Gasteiger charge is -2.19. The summed E-state index contributed by atoms with van der Waals surface area (Å²) in [5, 5.41) is 13.4. The molecule has 0 saturated heterocycles. The van der Waals surface area contributed by atoms with Gasteiger partial charge in [0, 0.05) is 24.2 Å². The van der Waals surface area contributed by atoms with Gasteiger partial charge in [-0.3, -0.25) is 4.40 Å². The number of rotatable bonds is 7. The van der Waals surface area contributed by atoms with Gasteiger partial charge in [-0.1, -0.05) is 30.3 Å². The summed E-state index contributed by atoms with van der Waals surface area (Å²) < 4.78 is 2.19. The molecule has 0 aliphatic heterocycles. The maximum absolute atomic E-state index is 9.82. The average Bonchev–Trinajstić information content (AvgIpc) is 3.03. The molecule has 5 heteroatoms. The molecule has 0 saturated carbocycles. The van der Waals surface area contributed by atoms with Crippen molar-refractivity contribution in [2.24, 2.45) is 0 Å². The maximum atomic E-state index is 9.82. The van der Waals surface area contributed by atoms with Crippen molar-refractivity contribution < 1.29 is 5.11 Å². The van der Waals surface area contributed by atoms with Crippen LogP contribution >= 0.6 is 11.3 Å². The topological polar surface area (TPSA) is 49.6 Å². The molecule has 2 aromatic heterocycles. The molecule has 0 spiro atoms. The molecule has 128 valence electrons. The number of nitrogens with one attached hydrogen (secondary N) is 1. The minimum atomic E-state index is -0.306. The van der Waals surface area contributed by atoms with Crippen molar-refractivity contribution >= 4 is 16.3 Å². The average molecular weight is 343 g/mol. The molecule has 3 rings (SSSR count). The van der Waals surface area contributed by atoms with E-state index in [1.54, 1.807) is 11.3 Å². The Morgan fingerprint density at radius 2 is 2.00 bits per heavy atom. The lowest BCUT2D eigenvalue weighted by Crippen LogP contribution is -2.24. The standard InChI is InChI=1S/C19H25N3OS/c1-13(23)9-17(16-7-5-4-6-8-16)10-20-11-18-15(3)21-19-22(18)12-14(2)24-19/h4-8,12-13,17,20,23H,9-11H2,1-3H3. The van der Waals surface area contributed by atoms with E-state index in [1.807, 2.05) is 13.0 Å². The van der Waals surface area contributed by atoms with Gasteiger partial charge >= 0.3 is 0 Å². The highest BCUT2D eigenvalue weighted by Gasteiger charge is 2.15. The number of fused-ring (bicyclic) bond motifs is 1. The van der Waals surface area contributed by atoms with Crippen molar-refractivity contribution in [1.29, 1.82) is 0 Å². The molecule has 2 unspecified atom stereocenters. The minimum absolute atomic E-state index is 0.305. The van der Waals surface area contributed by atoms with Crippen molar-refractivity contribution in [3.05, 3.63) is 58.4 Å². The van der Waals surface area contributed by atoms with Crippen LogP contribution in [0.2, 0.25) is 0 Å². The first-order chi connectivity index (χ1) is 11.5. The van der Waals surface area contributed by atoms with Gasteiger partial charge in [0.05, 0.1) is 17.5 Å². The van der Waals surface area contributed by atoms with Crippen molar-refractivity contribution in [3.63, 3.8) is 0 Å². The monoisotopic (exact) mass is 343 g/mol. The van der Waals surface area contributed by atoms with Gasteiger partial charge in [-0.15, -0.1) is 11.3 Å². The second kappa shape index (κ2) is 7.47. The summed E-state index contributed by atoms with van der Waals surface area (Å²) in [5.41, 5.74) is 3.58. The van der Waals surface area contributed by atoms with E-state index < -0.39 is 0 Å². The van der Waals surface area contributed by atoms with Crippen molar-refractivity contribution in [2.75, 3.05) is 6.54 Å². The van der Waals surface area contributed by atoms with Crippen LogP contribution in [0.3, 0.4) is 0 Å². The van der Waals surface area contributed by atoms with E-state index in [-0.39, 0.29) is 6.10 Å². The fraction of sp³-hybridized carbons (Fsp3) is 0.421. The minimum Gasteiger partial charge on any atom is -0.393 e. The zero-order valence-corrected chi connectivity index (χ0v) is 15.3. The number of thiazole rings is 1. The molecular formula is C19H25N3OS. The van der Waals surface area contributed by atoms with Gasteiger partial charge in [0.1, 0.15) is 0 Å². The Bertz CT molecular complexity index is 792. The van der Waals surface area contributed by atoms with Crippen LogP contribution in [0.1, 0.15) is 41.1 Å². The SMILES string of the molecule is Cc1cn2c(CNCC(CC(C)O)c3ccccc3)c(C)nc2s1. The number of hydrogen-bond acceptors (Lipinski definition) is 4. The van der Waals surface area contributed by atoms with Crippen LogP contribution in [-0.4, -0.2) is 27.1 Å². The molecular weight excluding hydrogens is 318 g/mol. The van der Waals surface area contributed by atoms with E-state index in [2.05, 4.69) is 59.0 Å². The molecule has 1 aromatic carbocycles. The summed E-state index contributed by atoms with van der Waals surface area (Å²) in [6.45, 7) is 7.66. The van der Waals surface area contributed by atoms with Gasteiger partial charge in [0.25, 0.3) is 0 Å². The summed E-state index contributed by atoms with van der Waals surface area (Å²) in [5.74, 6) is 0.305. The largest absolute Gasteiger partial charge is 0.393 e. The summed E-state index contributed by atoms with van der Waals surface area (Å²) in [7, 11) is 0. The van der Waals surface area contributed by atoms with E-state index in [4.69, 9.17) is 0 Å². The summed E-state index contributed by atoms with van der Waals surface area (Å²) in [6.07, 6.45) is 2.61. The number of aryl methyl sites for hydroxylation is 2. The smallest absolute Gasteiger partial charge is 0.194 e. The molecule has 0 bridgehead atoms. The van der Waals surface area contributed by atoms with E-state index in [1.165, 1.54) is 16.1 Å². The fourth-order valence-electron chi connectivity index (χ4n) is 3.16. The number of aromatic nitrogens is 2. The van der Waals surface area contributed by atoms with Crippen LogP contribution in [0.15, 0.2) is 36.5 Å². The number of imidazole rings is 1. The summed E-state index contributed by atoms with van der Waals surface area (Å²) >= 11 is 1.72. The molecule has 0 fully saturated rings. The zero-order valence-electron chi connectivity index (χ0n) is 14.5. The molecule has 2 N–H and O–H groups in total. The van der Waals surface area contributed by atoms with Crippen molar-refractivity contribution in [1.82, 2.24) is 14.7 Å². The third kappa shape index (κ3) is 3.86. The highest BCUT2D eigenvalue weighted by molar-refractivity contribution is 7.17. The van der Waals surface area contributed by atoms with E-state index in [9.17, 15) is 5.11 Å². The van der Waals surface area contributed by atoms with Crippen LogP contribution in [0, 0.1) is 13.8 Å². The molecule has 3 aromatic rings. The molecule has 0 aliphatic rings. The predicted octanol–water partition coefficient (Wildman–Crippen LogP) is 3.66. The van der Waals surface area contributed by atoms with E-state index in [0.29, 0.717) is 5.92 Å². The van der Waals surface area contributed by atoms with Gasteiger partial charge in [0.15, 0.2) is 4.96 Å². The van der Waals surface area contributed by atoms with Gasteiger partial charge in [-0.25, -0.2) is 4.98 Å². The second-order valence-corrected chi connectivity index (χ2v) is 7.67. The Kier molecular flexibility index (Phi) is 5.33. The number of benzene rings is 1. The van der Waals surface area contributed by atoms with Crippen LogP contribution in [0.5, 0.6) is 0 Å². The van der Waals surface area contributed by atoms with Crippen LogP contribution in [0.25, 0.3) is 4.96 Å². The molecule has 0 amide bonds. The Morgan fingerprint density at radius 1 is 1.25 bits per heavy atom. The summed E-state index contributed by atoms with van der Waals surface area (Å²) in [6, 6.07) is 10.4. The Morgan fingerprint density at radius 3 is 2.71 bits per heavy atom. The second-order valence-electron chi connectivity index (χ2n) is 6.46. The first kappa shape index (κ1) is 17.1. The molecule has 0 radical (unpaired) electrons. The molecule has 24 heavy (non-hydrogen) atoms. The Labute approximate surface area is 147 Å². The lowest BCUT2D eigenvalue weighted by atomic mass is 9.93. The normalized spacial score (nSPS) is 14.2. The molecule has 2 heterocycles. The molecule has 2 atom stereocenters. The summed E-state index contributed by atoms with van der Waals surface area (Å²) in [4.78, 5) is 6.97.